The summed E-state index contributed by atoms with van der Waals surface area (Å²) in [7, 11) is 1.62. The minimum Gasteiger partial charge on any atom is -0.497 e. The largest absolute Gasteiger partial charge is 0.497 e. The van der Waals surface area contributed by atoms with Crippen LogP contribution in [-0.2, 0) is 11.3 Å². The number of benzene rings is 1. The van der Waals surface area contributed by atoms with Gasteiger partial charge in [0.2, 0.25) is 0 Å². The van der Waals surface area contributed by atoms with Crippen molar-refractivity contribution in [1.82, 2.24) is 4.57 Å². The number of rotatable bonds is 7. The van der Waals surface area contributed by atoms with Gasteiger partial charge in [0.25, 0.3) is 5.56 Å². The predicted octanol–water partition coefficient (Wildman–Crippen LogP) is 2.89. The van der Waals surface area contributed by atoms with Crippen LogP contribution in [0.5, 0.6) is 5.75 Å². The second-order valence-electron chi connectivity index (χ2n) is 5.10. The molecular weight excluding hydrogens is 294 g/mol. The third kappa shape index (κ3) is 5.14. The van der Waals surface area contributed by atoms with Crippen molar-refractivity contribution in [3.05, 3.63) is 64.1 Å². The van der Waals surface area contributed by atoms with Crippen molar-refractivity contribution >= 4 is 18.1 Å². The first-order valence-electron chi connectivity index (χ1n) is 7.33. The number of carbonyl (C=O) groups is 1. The molecule has 0 amide bonds. The van der Waals surface area contributed by atoms with E-state index in [1.54, 1.807) is 19.4 Å². The second kappa shape index (κ2) is 7.98. The van der Waals surface area contributed by atoms with E-state index in [0.717, 1.165) is 16.9 Å². The Morgan fingerprint density at radius 3 is 2.48 bits per heavy atom. The van der Waals surface area contributed by atoms with E-state index in [2.05, 4.69) is 0 Å². The maximum atomic E-state index is 12.0. The molecule has 5 heteroatoms. The number of hydrogen-bond donors (Lipinski definition) is 1. The Hall–Kier alpha value is -2.82. The molecule has 0 aliphatic carbocycles. The van der Waals surface area contributed by atoms with Gasteiger partial charge in [-0.05, 0) is 35.7 Å². The monoisotopic (exact) mass is 313 g/mol. The predicted molar refractivity (Wildman–Crippen MR) is 89.5 cm³/mol. The lowest BCUT2D eigenvalue weighted by molar-refractivity contribution is -0.137. The van der Waals surface area contributed by atoms with E-state index in [-0.39, 0.29) is 12.0 Å². The standard InChI is InChI=1S/C18H19NO4/c1-23-16-8-6-14(7-9-16)4-5-15-10-12-19(17(20)13-15)11-2-3-18(21)22/h4-10,12-13H,2-3,11H2,1H3,(H,21,22)/b5-4+. The molecule has 0 bridgehead atoms. The van der Waals surface area contributed by atoms with Crippen molar-refractivity contribution in [2.45, 2.75) is 19.4 Å². The zero-order valence-electron chi connectivity index (χ0n) is 12.9. The molecule has 0 radical (unpaired) electrons. The molecule has 0 aliphatic rings. The van der Waals surface area contributed by atoms with E-state index in [4.69, 9.17) is 9.84 Å². The van der Waals surface area contributed by atoms with Crippen LogP contribution in [0.2, 0.25) is 0 Å². The Kier molecular flexibility index (Phi) is 5.74. The first-order chi connectivity index (χ1) is 11.1. The highest BCUT2D eigenvalue weighted by Crippen LogP contribution is 2.13. The zero-order chi connectivity index (χ0) is 16.7. The van der Waals surface area contributed by atoms with Crippen LogP contribution in [0.25, 0.3) is 12.2 Å². The number of carboxylic acid groups (broad SMARTS) is 1. The summed E-state index contributed by atoms with van der Waals surface area (Å²) in [6.45, 7) is 0.410. The number of carboxylic acids is 1. The number of nitrogens with zero attached hydrogens (tertiary/aromatic N) is 1. The molecule has 0 saturated heterocycles. The topological polar surface area (TPSA) is 68.5 Å². The van der Waals surface area contributed by atoms with Crippen LogP contribution in [0.15, 0.2) is 47.4 Å². The average molecular weight is 313 g/mol. The second-order valence-corrected chi connectivity index (χ2v) is 5.10. The van der Waals surface area contributed by atoms with Gasteiger partial charge in [0.1, 0.15) is 5.75 Å². The molecular formula is C18H19NO4. The third-order valence-corrected chi connectivity index (χ3v) is 3.39. The van der Waals surface area contributed by atoms with Gasteiger partial charge in [-0.3, -0.25) is 9.59 Å². The van der Waals surface area contributed by atoms with Crippen LogP contribution < -0.4 is 10.3 Å². The summed E-state index contributed by atoms with van der Waals surface area (Å²) in [5.74, 6) is -0.0526. The normalized spacial score (nSPS) is 10.8. The molecule has 2 rings (SSSR count). The van der Waals surface area contributed by atoms with E-state index in [0.29, 0.717) is 13.0 Å². The molecule has 1 aromatic carbocycles. The van der Waals surface area contributed by atoms with Gasteiger partial charge < -0.3 is 14.4 Å². The highest BCUT2D eigenvalue weighted by atomic mass is 16.5. The van der Waals surface area contributed by atoms with Gasteiger partial charge in [0, 0.05) is 25.2 Å². The van der Waals surface area contributed by atoms with Crippen LogP contribution in [0.4, 0.5) is 0 Å². The Morgan fingerprint density at radius 1 is 1.17 bits per heavy atom. The fraction of sp³-hybridized carbons (Fsp3) is 0.222. The molecule has 0 unspecified atom stereocenters. The number of aromatic nitrogens is 1. The quantitative estimate of drug-likeness (QED) is 0.853. The lowest BCUT2D eigenvalue weighted by Crippen LogP contribution is -2.19. The molecule has 0 fully saturated rings. The van der Waals surface area contributed by atoms with Gasteiger partial charge in [-0.15, -0.1) is 0 Å². The third-order valence-electron chi connectivity index (χ3n) is 3.39. The van der Waals surface area contributed by atoms with Crippen molar-refractivity contribution in [2.24, 2.45) is 0 Å². The Labute approximate surface area is 134 Å². The van der Waals surface area contributed by atoms with Gasteiger partial charge in [-0.1, -0.05) is 24.3 Å². The van der Waals surface area contributed by atoms with E-state index < -0.39 is 5.97 Å². The minimum atomic E-state index is -0.850. The number of pyridine rings is 1. The summed E-state index contributed by atoms with van der Waals surface area (Å²) in [5, 5.41) is 8.61. The molecule has 5 nitrogen and oxygen atoms in total. The Bertz CT molecular complexity index is 744. The number of aryl methyl sites for hydroxylation is 1. The van der Waals surface area contributed by atoms with Crippen LogP contribution in [-0.4, -0.2) is 22.8 Å². The summed E-state index contributed by atoms with van der Waals surface area (Å²) < 4.78 is 6.62. The van der Waals surface area contributed by atoms with E-state index in [1.165, 1.54) is 4.57 Å². The zero-order valence-corrected chi connectivity index (χ0v) is 12.9. The number of methoxy groups -OCH3 is 1. The highest BCUT2D eigenvalue weighted by Gasteiger charge is 2.00. The fourth-order valence-electron chi connectivity index (χ4n) is 2.12. The molecule has 1 aromatic heterocycles. The lowest BCUT2D eigenvalue weighted by Gasteiger charge is -2.04. The lowest BCUT2D eigenvalue weighted by atomic mass is 10.1. The summed E-state index contributed by atoms with van der Waals surface area (Å²) in [6.07, 6.45) is 5.98. The van der Waals surface area contributed by atoms with Gasteiger partial charge in [-0.2, -0.15) is 0 Å². The molecule has 0 saturated carbocycles. The van der Waals surface area contributed by atoms with Crippen LogP contribution in [0.3, 0.4) is 0 Å². The van der Waals surface area contributed by atoms with Crippen LogP contribution >= 0.6 is 0 Å². The molecule has 23 heavy (non-hydrogen) atoms. The Morgan fingerprint density at radius 2 is 1.87 bits per heavy atom. The van der Waals surface area contributed by atoms with Crippen molar-refractivity contribution < 1.29 is 14.6 Å². The van der Waals surface area contributed by atoms with Crippen LogP contribution in [0, 0.1) is 0 Å². The maximum Gasteiger partial charge on any atom is 0.303 e. The summed E-state index contributed by atoms with van der Waals surface area (Å²) in [5.41, 5.74) is 1.68. The van der Waals surface area contributed by atoms with Crippen molar-refractivity contribution in [3.63, 3.8) is 0 Å². The van der Waals surface area contributed by atoms with Crippen molar-refractivity contribution in [2.75, 3.05) is 7.11 Å². The molecule has 120 valence electrons. The summed E-state index contributed by atoms with van der Waals surface area (Å²) in [4.78, 5) is 22.5. The van der Waals surface area contributed by atoms with Gasteiger partial charge >= 0.3 is 5.97 Å². The molecule has 0 atom stereocenters. The van der Waals surface area contributed by atoms with E-state index in [9.17, 15) is 9.59 Å². The number of ether oxygens (including phenoxy) is 1. The van der Waals surface area contributed by atoms with Gasteiger partial charge in [0.15, 0.2) is 0 Å². The molecule has 0 spiro atoms. The molecule has 1 heterocycles. The molecule has 2 aromatic rings. The first kappa shape index (κ1) is 16.5. The first-order valence-corrected chi connectivity index (χ1v) is 7.33. The summed E-state index contributed by atoms with van der Waals surface area (Å²) >= 11 is 0. The van der Waals surface area contributed by atoms with Gasteiger partial charge in [-0.25, -0.2) is 0 Å². The van der Waals surface area contributed by atoms with Gasteiger partial charge in [0.05, 0.1) is 7.11 Å². The average Bonchev–Trinajstić information content (AvgIpc) is 2.55. The maximum absolute atomic E-state index is 12.0. The van der Waals surface area contributed by atoms with E-state index in [1.807, 2.05) is 42.5 Å². The minimum absolute atomic E-state index is 0.0611. The molecule has 0 aliphatic heterocycles. The van der Waals surface area contributed by atoms with Crippen LogP contribution in [0.1, 0.15) is 24.0 Å². The fourth-order valence-corrected chi connectivity index (χ4v) is 2.12. The van der Waals surface area contributed by atoms with E-state index >= 15 is 0 Å². The smallest absolute Gasteiger partial charge is 0.303 e. The highest BCUT2D eigenvalue weighted by molar-refractivity contribution is 5.69. The van der Waals surface area contributed by atoms with Crippen molar-refractivity contribution in [1.29, 1.82) is 0 Å². The van der Waals surface area contributed by atoms with Crippen molar-refractivity contribution in [3.8, 4) is 5.75 Å². The Balaban J connectivity index is 2.03. The SMILES string of the molecule is COc1ccc(/C=C/c2ccn(CCCC(=O)O)c(=O)c2)cc1. The summed E-state index contributed by atoms with van der Waals surface area (Å²) in [6, 6.07) is 11.0. The molecule has 1 N–H and O–H groups in total. The number of hydrogen-bond acceptors (Lipinski definition) is 3. The number of aliphatic carboxylic acids is 1.